The lowest BCUT2D eigenvalue weighted by Crippen LogP contribution is -2.08. The van der Waals surface area contributed by atoms with Crippen molar-refractivity contribution in [3.05, 3.63) is 40.7 Å². The van der Waals surface area contributed by atoms with Gasteiger partial charge < -0.3 is 4.74 Å². The molecule has 0 N–H and O–H groups in total. The molecule has 0 aliphatic rings. The van der Waals surface area contributed by atoms with Gasteiger partial charge >= 0.3 is 0 Å². The SMILES string of the molecule is Cc1ccc(C)c(OCc2c(C#N)nnn2CC#N)c1. The average molecular weight is 267 g/mol. The lowest BCUT2D eigenvalue weighted by atomic mass is 10.1. The number of benzene rings is 1. The van der Waals surface area contributed by atoms with Crippen molar-refractivity contribution in [1.29, 1.82) is 10.5 Å². The molecule has 0 unspecified atom stereocenters. The Labute approximate surface area is 116 Å². The van der Waals surface area contributed by atoms with Gasteiger partial charge in [-0.05, 0) is 31.0 Å². The maximum absolute atomic E-state index is 8.99. The summed E-state index contributed by atoms with van der Waals surface area (Å²) < 4.78 is 7.11. The van der Waals surface area contributed by atoms with Crippen LogP contribution in [0.25, 0.3) is 0 Å². The van der Waals surface area contributed by atoms with E-state index in [0.717, 1.165) is 16.9 Å². The van der Waals surface area contributed by atoms with Gasteiger partial charge in [-0.1, -0.05) is 17.3 Å². The highest BCUT2D eigenvalue weighted by molar-refractivity contribution is 5.36. The molecule has 0 saturated carbocycles. The highest BCUT2D eigenvalue weighted by Gasteiger charge is 2.13. The van der Waals surface area contributed by atoms with Crippen LogP contribution in [0.2, 0.25) is 0 Å². The predicted molar refractivity (Wildman–Crippen MR) is 70.6 cm³/mol. The third kappa shape index (κ3) is 2.76. The number of aromatic nitrogens is 3. The first-order chi connectivity index (χ1) is 9.65. The molecule has 0 radical (unpaired) electrons. The molecule has 100 valence electrons. The minimum Gasteiger partial charge on any atom is -0.487 e. The van der Waals surface area contributed by atoms with Crippen LogP contribution in [0.5, 0.6) is 5.75 Å². The highest BCUT2D eigenvalue weighted by Crippen LogP contribution is 2.20. The number of rotatable bonds is 4. The van der Waals surface area contributed by atoms with Gasteiger partial charge in [-0.3, -0.25) is 0 Å². The minimum atomic E-state index is 0.0418. The molecule has 2 aromatic rings. The molecule has 0 aliphatic heterocycles. The number of hydrogen-bond donors (Lipinski definition) is 0. The maximum atomic E-state index is 8.99. The summed E-state index contributed by atoms with van der Waals surface area (Å²) in [5.74, 6) is 0.749. The predicted octanol–water partition coefficient (Wildman–Crippen LogP) is 1.87. The molecule has 0 fully saturated rings. The van der Waals surface area contributed by atoms with Crippen LogP contribution in [-0.4, -0.2) is 15.0 Å². The summed E-state index contributed by atoms with van der Waals surface area (Å²) in [6, 6.07) is 9.84. The lowest BCUT2D eigenvalue weighted by molar-refractivity contribution is 0.291. The van der Waals surface area contributed by atoms with Crippen molar-refractivity contribution in [3.63, 3.8) is 0 Å². The topological polar surface area (TPSA) is 87.5 Å². The lowest BCUT2D eigenvalue weighted by Gasteiger charge is -2.10. The molecule has 1 heterocycles. The fourth-order valence-corrected chi connectivity index (χ4v) is 1.77. The summed E-state index contributed by atoms with van der Waals surface area (Å²) in [6.07, 6.45) is 0. The van der Waals surface area contributed by atoms with E-state index in [2.05, 4.69) is 10.3 Å². The Balaban J connectivity index is 2.23. The number of ether oxygens (including phenoxy) is 1. The van der Waals surface area contributed by atoms with Crippen LogP contribution in [0.3, 0.4) is 0 Å². The molecule has 2 rings (SSSR count). The number of nitriles is 2. The fourth-order valence-electron chi connectivity index (χ4n) is 1.77. The van der Waals surface area contributed by atoms with Crippen LogP contribution in [0.4, 0.5) is 0 Å². The van der Waals surface area contributed by atoms with Gasteiger partial charge in [0, 0.05) is 0 Å². The first-order valence-corrected chi connectivity index (χ1v) is 6.05. The van der Waals surface area contributed by atoms with Gasteiger partial charge in [0.15, 0.2) is 5.69 Å². The molecule has 20 heavy (non-hydrogen) atoms. The molecule has 6 nitrogen and oxygen atoms in total. The van der Waals surface area contributed by atoms with E-state index >= 15 is 0 Å². The molecule has 6 heteroatoms. The van der Waals surface area contributed by atoms with Crippen LogP contribution in [0.15, 0.2) is 18.2 Å². The van der Waals surface area contributed by atoms with Gasteiger partial charge in [0.1, 0.15) is 30.7 Å². The van der Waals surface area contributed by atoms with Crippen LogP contribution >= 0.6 is 0 Å². The molecular formula is C14H13N5O. The van der Waals surface area contributed by atoms with E-state index in [1.165, 1.54) is 4.68 Å². The highest BCUT2D eigenvalue weighted by atomic mass is 16.5. The molecule has 1 aromatic carbocycles. The Morgan fingerprint density at radius 1 is 1.30 bits per heavy atom. The third-order valence-corrected chi connectivity index (χ3v) is 2.87. The molecule has 0 aliphatic carbocycles. The van der Waals surface area contributed by atoms with Crippen molar-refractivity contribution in [2.75, 3.05) is 0 Å². The summed E-state index contributed by atoms with van der Waals surface area (Å²) in [5.41, 5.74) is 2.80. The molecular weight excluding hydrogens is 254 g/mol. The van der Waals surface area contributed by atoms with Crippen LogP contribution < -0.4 is 4.74 Å². The van der Waals surface area contributed by atoms with Crippen LogP contribution in [0, 0.1) is 36.5 Å². The third-order valence-electron chi connectivity index (χ3n) is 2.87. The summed E-state index contributed by atoms with van der Waals surface area (Å²) in [5, 5.41) is 25.2. The van der Waals surface area contributed by atoms with Gasteiger partial charge in [-0.15, -0.1) is 5.10 Å². The van der Waals surface area contributed by atoms with E-state index in [1.54, 1.807) is 0 Å². The minimum absolute atomic E-state index is 0.0418. The van der Waals surface area contributed by atoms with E-state index in [9.17, 15) is 0 Å². The second-order valence-corrected chi connectivity index (χ2v) is 4.37. The second kappa shape index (κ2) is 5.85. The van der Waals surface area contributed by atoms with Gasteiger partial charge in [0.2, 0.25) is 0 Å². The van der Waals surface area contributed by atoms with Gasteiger partial charge in [0.25, 0.3) is 0 Å². The molecule has 0 saturated heterocycles. The van der Waals surface area contributed by atoms with Crippen LogP contribution in [-0.2, 0) is 13.2 Å². The van der Waals surface area contributed by atoms with Crippen molar-refractivity contribution in [2.24, 2.45) is 0 Å². The van der Waals surface area contributed by atoms with Crippen LogP contribution in [0.1, 0.15) is 22.5 Å². The zero-order valence-electron chi connectivity index (χ0n) is 11.3. The maximum Gasteiger partial charge on any atom is 0.189 e. The van der Waals surface area contributed by atoms with Crippen molar-refractivity contribution in [2.45, 2.75) is 27.0 Å². The van der Waals surface area contributed by atoms with Gasteiger partial charge in [-0.2, -0.15) is 10.5 Å². The Morgan fingerprint density at radius 3 is 2.80 bits per heavy atom. The van der Waals surface area contributed by atoms with E-state index in [1.807, 2.05) is 44.2 Å². The smallest absolute Gasteiger partial charge is 0.189 e. The van der Waals surface area contributed by atoms with E-state index in [4.69, 9.17) is 15.3 Å². The number of aryl methyl sites for hydroxylation is 2. The molecule has 0 bridgehead atoms. The summed E-state index contributed by atoms with van der Waals surface area (Å²) in [6.45, 7) is 4.13. The van der Waals surface area contributed by atoms with Crippen molar-refractivity contribution in [1.82, 2.24) is 15.0 Å². The van der Waals surface area contributed by atoms with E-state index in [-0.39, 0.29) is 18.8 Å². The van der Waals surface area contributed by atoms with Gasteiger partial charge in [0.05, 0.1) is 6.07 Å². The number of hydrogen-bond acceptors (Lipinski definition) is 5. The first-order valence-electron chi connectivity index (χ1n) is 6.05. The molecule has 0 spiro atoms. The van der Waals surface area contributed by atoms with Gasteiger partial charge in [-0.25, -0.2) is 4.68 Å². The Hall–Kier alpha value is -2.86. The first kappa shape index (κ1) is 13.6. The fraction of sp³-hybridized carbons (Fsp3) is 0.286. The van der Waals surface area contributed by atoms with Crippen molar-refractivity contribution in [3.8, 4) is 17.9 Å². The van der Waals surface area contributed by atoms with Crippen molar-refractivity contribution >= 4 is 0 Å². The second-order valence-electron chi connectivity index (χ2n) is 4.37. The Kier molecular flexibility index (Phi) is 3.97. The summed E-state index contributed by atoms with van der Waals surface area (Å²) >= 11 is 0. The molecule has 0 amide bonds. The van der Waals surface area contributed by atoms with E-state index in [0.29, 0.717) is 5.69 Å². The Bertz CT molecular complexity index is 705. The zero-order chi connectivity index (χ0) is 14.5. The van der Waals surface area contributed by atoms with E-state index < -0.39 is 0 Å². The molecule has 0 atom stereocenters. The summed E-state index contributed by atoms with van der Waals surface area (Å²) in [4.78, 5) is 0. The van der Waals surface area contributed by atoms with Crippen molar-refractivity contribution < 1.29 is 4.74 Å². The quantitative estimate of drug-likeness (QED) is 0.843. The Morgan fingerprint density at radius 2 is 2.10 bits per heavy atom. The number of nitrogens with zero attached hydrogens (tertiary/aromatic N) is 5. The largest absolute Gasteiger partial charge is 0.487 e. The standard InChI is InChI=1S/C14H13N5O/c1-10-3-4-11(2)14(7-10)20-9-13-12(8-16)17-18-19(13)6-5-15/h3-4,7H,6,9H2,1-2H3. The average Bonchev–Trinajstić information content (AvgIpc) is 2.82. The zero-order valence-corrected chi connectivity index (χ0v) is 11.3. The normalized spacial score (nSPS) is 9.80. The molecule has 1 aromatic heterocycles. The summed E-state index contributed by atoms with van der Waals surface area (Å²) in [7, 11) is 0. The monoisotopic (exact) mass is 267 g/mol.